The topological polar surface area (TPSA) is 72.9 Å². The van der Waals surface area contributed by atoms with Crippen molar-refractivity contribution in [2.45, 2.75) is 6.54 Å². The maximum atomic E-state index is 11.1. The quantitative estimate of drug-likeness (QED) is 0.509. The summed E-state index contributed by atoms with van der Waals surface area (Å²) in [6.45, 7) is 0.167. The van der Waals surface area contributed by atoms with Gasteiger partial charge in [0.25, 0.3) is 5.91 Å². The first-order valence-electron chi connectivity index (χ1n) is 4.96. The van der Waals surface area contributed by atoms with Gasteiger partial charge >= 0.3 is 0 Å². The zero-order chi connectivity index (χ0) is 12.3. The van der Waals surface area contributed by atoms with Crippen LogP contribution in [0.3, 0.4) is 0 Å². The van der Waals surface area contributed by atoms with Gasteiger partial charge in [-0.05, 0) is 12.1 Å². The number of nitrogens with one attached hydrogen (secondary N) is 1. The van der Waals surface area contributed by atoms with Crippen LogP contribution in [-0.4, -0.2) is 15.5 Å². The summed E-state index contributed by atoms with van der Waals surface area (Å²) in [6, 6.07) is 7.81. The number of halogens is 1. The van der Waals surface area contributed by atoms with Gasteiger partial charge in [0, 0.05) is 16.2 Å². The molecule has 5 nitrogen and oxygen atoms in total. The summed E-state index contributed by atoms with van der Waals surface area (Å²) in [6.07, 6.45) is 3.41. The number of carbonyl (C=O) groups is 1. The zero-order valence-electron chi connectivity index (χ0n) is 8.93. The number of benzene rings is 1. The molecule has 1 aromatic carbocycles. The van der Waals surface area contributed by atoms with Crippen LogP contribution in [0.1, 0.15) is 0 Å². The van der Waals surface area contributed by atoms with Crippen molar-refractivity contribution < 1.29 is 4.79 Å². The molecule has 0 bridgehead atoms. The molecule has 0 aliphatic heterocycles. The highest BCUT2D eigenvalue weighted by Crippen LogP contribution is 2.19. The smallest absolute Gasteiger partial charge is 0.253 e. The fraction of sp³-hybridized carbons (Fsp3) is 0.0909. The lowest BCUT2D eigenvalue weighted by atomic mass is 10.2. The second kappa shape index (κ2) is 5.11. The van der Waals surface area contributed by atoms with E-state index in [0.29, 0.717) is 0 Å². The fourth-order valence-corrected chi connectivity index (χ4v) is 1.69. The Bertz CT molecular complexity index is 521. The van der Waals surface area contributed by atoms with E-state index in [4.69, 9.17) is 5.84 Å². The molecular formula is C11H11BrN4O. The third-order valence-electron chi connectivity index (χ3n) is 2.26. The SMILES string of the molecule is NNC(=O)Cn1cnc(-c2ccc(Br)cc2)c1. The number of hydrogen-bond acceptors (Lipinski definition) is 3. The van der Waals surface area contributed by atoms with Gasteiger partial charge in [0.05, 0.1) is 12.0 Å². The Morgan fingerprint density at radius 1 is 1.41 bits per heavy atom. The minimum absolute atomic E-state index is 0.167. The molecule has 2 rings (SSSR count). The molecule has 0 spiro atoms. The summed E-state index contributed by atoms with van der Waals surface area (Å²) in [5.41, 5.74) is 3.90. The van der Waals surface area contributed by atoms with Crippen molar-refractivity contribution >= 4 is 21.8 Å². The summed E-state index contributed by atoms with van der Waals surface area (Å²) in [7, 11) is 0. The Kier molecular flexibility index (Phi) is 3.55. The number of rotatable bonds is 3. The maximum absolute atomic E-state index is 11.1. The average Bonchev–Trinajstić information content (AvgIpc) is 2.78. The van der Waals surface area contributed by atoms with Crippen molar-refractivity contribution in [1.29, 1.82) is 0 Å². The van der Waals surface area contributed by atoms with E-state index < -0.39 is 0 Å². The highest BCUT2D eigenvalue weighted by molar-refractivity contribution is 9.10. The van der Waals surface area contributed by atoms with E-state index in [1.165, 1.54) is 0 Å². The molecule has 0 saturated carbocycles. The lowest BCUT2D eigenvalue weighted by molar-refractivity contribution is -0.121. The van der Waals surface area contributed by atoms with E-state index in [-0.39, 0.29) is 12.5 Å². The second-order valence-electron chi connectivity index (χ2n) is 3.51. The Morgan fingerprint density at radius 3 is 2.76 bits per heavy atom. The van der Waals surface area contributed by atoms with Crippen LogP contribution < -0.4 is 11.3 Å². The van der Waals surface area contributed by atoms with Crippen molar-refractivity contribution in [3.8, 4) is 11.3 Å². The minimum atomic E-state index is -0.259. The van der Waals surface area contributed by atoms with E-state index in [0.717, 1.165) is 15.7 Å². The Hall–Kier alpha value is -1.66. The number of amides is 1. The lowest BCUT2D eigenvalue weighted by Crippen LogP contribution is -2.32. The average molecular weight is 295 g/mol. The second-order valence-corrected chi connectivity index (χ2v) is 4.42. The van der Waals surface area contributed by atoms with Crippen molar-refractivity contribution in [2.75, 3.05) is 0 Å². The highest BCUT2D eigenvalue weighted by Gasteiger charge is 2.04. The molecule has 1 amide bonds. The van der Waals surface area contributed by atoms with Gasteiger partial charge < -0.3 is 4.57 Å². The predicted octanol–water partition coefficient (Wildman–Crippen LogP) is 1.30. The van der Waals surface area contributed by atoms with Gasteiger partial charge in [-0.25, -0.2) is 10.8 Å². The first kappa shape index (κ1) is 11.8. The number of nitrogens with two attached hydrogens (primary N) is 1. The van der Waals surface area contributed by atoms with Gasteiger partial charge in [0.15, 0.2) is 0 Å². The third-order valence-corrected chi connectivity index (χ3v) is 2.79. The first-order valence-corrected chi connectivity index (χ1v) is 5.75. The first-order chi connectivity index (χ1) is 8.19. The van der Waals surface area contributed by atoms with Crippen molar-refractivity contribution in [1.82, 2.24) is 15.0 Å². The molecular weight excluding hydrogens is 284 g/mol. The molecule has 0 radical (unpaired) electrons. The van der Waals surface area contributed by atoms with Crippen molar-refractivity contribution in [3.63, 3.8) is 0 Å². The Balaban J connectivity index is 2.18. The fourth-order valence-electron chi connectivity index (χ4n) is 1.43. The molecule has 1 heterocycles. The molecule has 1 aromatic heterocycles. The molecule has 2 aromatic rings. The molecule has 0 atom stereocenters. The molecule has 0 unspecified atom stereocenters. The van der Waals surface area contributed by atoms with Crippen LogP contribution in [0.2, 0.25) is 0 Å². The number of hydrazine groups is 1. The van der Waals surface area contributed by atoms with Gasteiger partial charge in [0.2, 0.25) is 0 Å². The molecule has 17 heavy (non-hydrogen) atoms. The van der Waals surface area contributed by atoms with Crippen LogP contribution in [0.15, 0.2) is 41.3 Å². The molecule has 6 heteroatoms. The van der Waals surface area contributed by atoms with Crippen LogP contribution in [-0.2, 0) is 11.3 Å². The predicted molar refractivity (Wildman–Crippen MR) is 67.7 cm³/mol. The van der Waals surface area contributed by atoms with Crippen molar-refractivity contribution in [3.05, 3.63) is 41.3 Å². The lowest BCUT2D eigenvalue weighted by Gasteiger charge is -1.99. The molecule has 0 saturated heterocycles. The largest absolute Gasteiger partial charge is 0.327 e. The van der Waals surface area contributed by atoms with Gasteiger partial charge in [-0.15, -0.1) is 0 Å². The Morgan fingerprint density at radius 2 is 2.12 bits per heavy atom. The monoisotopic (exact) mass is 294 g/mol. The molecule has 3 N–H and O–H groups in total. The minimum Gasteiger partial charge on any atom is -0.327 e. The van der Waals surface area contributed by atoms with E-state index >= 15 is 0 Å². The third kappa shape index (κ3) is 2.92. The summed E-state index contributed by atoms with van der Waals surface area (Å²) in [4.78, 5) is 15.3. The zero-order valence-corrected chi connectivity index (χ0v) is 10.5. The normalized spacial score (nSPS) is 10.2. The van der Waals surface area contributed by atoms with Gasteiger partial charge in [-0.2, -0.15) is 0 Å². The number of imidazole rings is 1. The van der Waals surface area contributed by atoms with E-state index in [9.17, 15) is 4.79 Å². The molecule has 88 valence electrons. The standard InChI is InChI=1S/C11H11BrN4O/c12-9-3-1-8(2-4-9)10-5-16(7-14-10)6-11(17)15-13/h1-5,7H,6,13H2,(H,15,17). The van der Waals surface area contributed by atoms with Gasteiger partial charge in [-0.1, -0.05) is 28.1 Å². The van der Waals surface area contributed by atoms with E-state index in [1.54, 1.807) is 17.1 Å². The summed E-state index contributed by atoms with van der Waals surface area (Å²) >= 11 is 3.37. The van der Waals surface area contributed by atoms with Crippen LogP contribution >= 0.6 is 15.9 Å². The number of hydrogen-bond donors (Lipinski definition) is 2. The van der Waals surface area contributed by atoms with Gasteiger partial charge in [-0.3, -0.25) is 10.2 Å². The van der Waals surface area contributed by atoms with Crippen molar-refractivity contribution in [2.24, 2.45) is 5.84 Å². The molecule has 0 aliphatic carbocycles. The summed E-state index contributed by atoms with van der Waals surface area (Å²) < 4.78 is 2.70. The maximum Gasteiger partial charge on any atom is 0.253 e. The van der Waals surface area contributed by atoms with Crippen LogP contribution in [0.4, 0.5) is 0 Å². The molecule has 0 fully saturated rings. The van der Waals surface area contributed by atoms with E-state index in [2.05, 4.69) is 26.3 Å². The van der Waals surface area contributed by atoms with E-state index in [1.807, 2.05) is 24.3 Å². The summed E-state index contributed by atoms with van der Waals surface area (Å²) in [5, 5.41) is 0. The number of carbonyl (C=O) groups excluding carboxylic acids is 1. The number of nitrogens with zero attached hydrogens (tertiary/aromatic N) is 2. The highest BCUT2D eigenvalue weighted by atomic mass is 79.9. The van der Waals surface area contributed by atoms with Crippen LogP contribution in [0.5, 0.6) is 0 Å². The van der Waals surface area contributed by atoms with Crippen LogP contribution in [0.25, 0.3) is 11.3 Å². The molecule has 0 aliphatic rings. The van der Waals surface area contributed by atoms with Gasteiger partial charge in [0.1, 0.15) is 6.54 Å². The number of aromatic nitrogens is 2. The summed E-state index contributed by atoms with van der Waals surface area (Å²) in [5.74, 6) is 4.76. The van der Waals surface area contributed by atoms with Crippen LogP contribution in [0, 0.1) is 0 Å². The Labute approximate surface area is 107 Å².